The highest BCUT2D eigenvalue weighted by atomic mass is 35.5. The topological polar surface area (TPSA) is 69.6 Å². The normalized spacial score (nSPS) is 19.3. The molecule has 0 bridgehead atoms. The molecule has 2 rings (SSSR count). The maximum absolute atomic E-state index is 12.4. The van der Waals surface area contributed by atoms with E-state index in [0.29, 0.717) is 23.7 Å². The molecule has 2 N–H and O–H groups in total. The number of carboxylic acid groups (broad SMARTS) is 1. The molecule has 0 radical (unpaired) electrons. The highest BCUT2D eigenvalue weighted by molar-refractivity contribution is 6.30. The third-order valence-electron chi connectivity index (χ3n) is 3.21. The number of piperazine rings is 1. The summed E-state index contributed by atoms with van der Waals surface area (Å²) >= 11 is 5.86. The van der Waals surface area contributed by atoms with Gasteiger partial charge in [0.2, 0.25) is 0 Å². The van der Waals surface area contributed by atoms with Crippen molar-refractivity contribution in [2.75, 3.05) is 19.6 Å². The van der Waals surface area contributed by atoms with Gasteiger partial charge in [-0.05, 0) is 30.7 Å². The van der Waals surface area contributed by atoms with Crippen molar-refractivity contribution in [1.82, 2.24) is 10.2 Å². The summed E-state index contributed by atoms with van der Waals surface area (Å²) in [5, 5.41) is 12.7. The number of benzene rings is 1. The number of amides is 1. The van der Waals surface area contributed by atoms with Gasteiger partial charge in [-0.2, -0.15) is 0 Å². The van der Waals surface area contributed by atoms with Crippen molar-refractivity contribution in [1.29, 1.82) is 0 Å². The zero-order valence-corrected chi connectivity index (χ0v) is 11.3. The van der Waals surface area contributed by atoms with E-state index in [0.717, 1.165) is 5.56 Å². The first-order valence-electron chi connectivity index (χ1n) is 6.01. The van der Waals surface area contributed by atoms with E-state index >= 15 is 0 Å². The van der Waals surface area contributed by atoms with Crippen LogP contribution in [0.5, 0.6) is 0 Å². The van der Waals surface area contributed by atoms with Crippen LogP contribution in [0.4, 0.5) is 0 Å². The van der Waals surface area contributed by atoms with Crippen LogP contribution in [0, 0.1) is 6.92 Å². The highest BCUT2D eigenvalue weighted by Gasteiger charge is 2.32. The van der Waals surface area contributed by atoms with E-state index in [2.05, 4.69) is 5.32 Å². The van der Waals surface area contributed by atoms with Crippen molar-refractivity contribution in [3.63, 3.8) is 0 Å². The van der Waals surface area contributed by atoms with Crippen LogP contribution in [-0.2, 0) is 4.79 Å². The van der Waals surface area contributed by atoms with Gasteiger partial charge in [-0.15, -0.1) is 0 Å². The lowest BCUT2D eigenvalue weighted by Crippen LogP contribution is -2.57. The fourth-order valence-corrected chi connectivity index (χ4v) is 2.42. The fourth-order valence-electron chi connectivity index (χ4n) is 2.19. The summed E-state index contributed by atoms with van der Waals surface area (Å²) < 4.78 is 0. The number of nitrogens with zero attached hydrogens (tertiary/aromatic N) is 1. The Labute approximate surface area is 116 Å². The van der Waals surface area contributed by atoms with Gasteiger partial charge in [0.05, 0.1) is 0 Å². The third kappa shape index (κ3) is 2.88. The molecule has 1 saturated heterocycles. The van der Waals surface area contributed by atoms with Crippen molar-refractivity contribution in [2.45, 2.75) is 13.0 Å². The minimum absolute atomic E-state index is 0.261. The highest BCUT2D eigenvalue weighted by Crippen LogP contribution is 2.18. The Morgan fingerprint density at radius 2 is 2.21 bits per heavy atom. The Balaban J connectivity index is 2.28. The first kappa shape index (κ1) is 13.8. The fraction of sp³-hybridized carbons (Fsp3) is 0.385. The van der Waals surface area contributed by atoms with Crippen molar-refractivity contribution in [3.05, 3.63) is 34.3 Å². The number of carbonyl (C=O) groups is 2. The molecule has 1 amide bonds. The molecule has 1 heterocycles. The van der Waals surface area contributed by atoms with E-state index < -0.39 is 12.0 Å². The summed E-state index contributed by atoms with van der Waals surface area (Å²) in [4.78, 5) is 25.0. The maximum atomic E-state index is 12.4. The van der Waals surface area contributed by atoms with Gasteiger partial charge in [0, 0.05) is 30.2 Å². The van der Waals surface area contributed by atoms with E-state index in [9.17, 15) is 9.59 Å². The minimum atomic E-state index is -0.993. The zero-order valence-electron chi connectivity index (χ0n) is 10.5. The lowest BCUT2D eigenvalue weighted by Gasteiger charge is -2.33. The van der Waals surface area contributed by atoms with E-state index in [1.165, 1.54) is 4.90 Å². The summed E-state index contributed by atoms with van der Waals surface area (Å²) in [5.74, 6) is -1.25. The number of hydrogen-bond donors (Lipinski definition) is 2. The second kappa shape index (κ2) is 5.59. The molecule has 102 valence electrons. The average molecular weight is 283 g/mol. The van der Waals surface area contributed by atoms with Crippen LogP contribution in [0.1, 0.15) is 15.9 Å². The third-order valence-corrected chi connectivity index (χ3v) is 3.44. The quantitative estimate of drug-likeness (QED) is 0.854. The predicted octanol–water partition coefficient (Wildman–Crippen LogP) is 1.15. The second-order valence-electron chi connectivity index (χ2n) is 4.52. The van der Waals surface area contributed by atoms with E-state index in [1.54, 1.807) is 25.1 Å². The molecule has 1 unspecified atom stereocenters. The standard InChI is InChI=1S/C13H15ClN2O3/c1-8-6-9(14)2-3-10(8)12(17)16-5-4-15-7-11(16)13(18)19/h2-3,6,11,15H,4-5,7H2,1H3,(H,18,19). The smallest absolute Gasteiger partial charge is 0.327 e. The first-order valence-corrected chi connectivity index (χ1v) is 6.39. The summed E-state index contributed by atoms with van der Waals surface area (Å²) in [6.07, 6.45) is 0. The van der Waals surface area contributed by atoms with Gasteiger partial charge in [0.25, 0.3) is 5.91 Å². The molecule has 0 saturated carbocycles. The van der Waals surface area contributed by atoms with Crippen molar-refractivity contribution >= 4 is 23.5 Å². The number of carboxylic acids is 1. The number of rotatable bonds is 2. The van der Waals surface area contributed by atoms with Crippen LogP contribution in [-0.4, -0.2) is 47.6 Å². The second-order valence-corrected chi connectivity index (χ2v) is 4.95. The number of aliphatic carboxylic acids is 1. The van der Waals surface area contributed by atoms with Crippen molar-refractivity contribution in [2.24, 2.45) is 0 Å². The van der Waals surface area contributed by atoms with Crippen molar-refractivity contribution in [3.8, 4) is 0 Å². The first-order chi connectivity index (χ1) is 9.00. The molecule has 1 aromatic carbocycles. The van der Waals surface area contributed by atoms with Crippen LogP contribution in [0.3, 0.4) is 0 Å². The van der Waals surface area contributed by atoms with Crippen LogP contribution < -0.4 is 5.32 Å². The van der Waals surface area contributed by atoms with Crippen molar-refractivity contribution < 1.29 is 14.7 Å². The molecule has 0 aliphatic carbocycles. The van der Waals surface area contributed by atoms with Crippen LogP contribution in [0.2, 0.25) is 5.02 Å². The Morgan fingerprint density at radius 3 is 2.84 bits per heavy atom. The van der Waals surface area contributed by atoms with Crippen LogP contribution >= 0.6 is 11.6 Å². The molecule has 1 aromatic rings. The molecule has 5 nitrogen and oxygen atoms in total. The van der Waals surface area contributed by atoms with Gasteiger partial charge in [-0.3, -0.25) is 4.79 Å². The summed E-state index contributed by atoms with van der Waals surface area (Å²) in [6.45, 7) is 3.05. The number of carbonyl (C=O) groups excluding carboxylic acids is 1. The molecule has 1 aliphatic rings. The molecule has 1 fully saturated rings. The van der Waals surface area contributed by atoms with E-state index in [-0.39, 0.29) is 12.5 Å². The van der Waals surface area contributed by atoms with Crippen LogP contribution in [0.25, 0.3) is 0 Å². The lowest BCUT2D eigenvalue weighted by atomic mass is 10.1. The number of hydrogen-bond acceptors (Lipinski definition) is 3. The molecule has 1 atom stereocenters. The maximum Gasteiger partial charge on any atom is 0.327 e. The molecule has 0 aromatic heterocycles. The largest absolute Gasteiger partial charge is 0.480 e. The SMILES string of the molecule is Cc1cc(Cl)ccc1C(=O)N1CCNCC1C(=O)O. The molecular weight excluding hydrogens is 268 g/mol. The van der Waals surface area contributed by atoms with E-state index in [1.807, 2.05) is 0 Å². The summed E-state index contributed by atoms with van der Waals surface area (Å²) in [6, 6.07) is 4.16. The van der Waals surface area contributed by atoms with Crippen LogP contribution in [0.15, 0.2) is 18.2 Å². The Bertz CT molecular complexity index is 519. The predicted molar refractivity (Wildman–Crippen MR) is 71.5 cm³/mol. The Hall–Kier alpha value is -1.59. The molecule has 0 spiro atoms. The average Bonchev–Trinajstić information content (AvgIpc) is 2.38. The monoisotopic (exact) mass is 282 g/mol. The molecule has 19 heavy (non-hydrogen) atoms. The van der Waals surface area contributed by atoms with Gasteiger partial charge in [0.15, 0.2) is 0 Å². The number of nitrogens with one attached hydrogen (secondary N) is 1. The summed E-state index contributed by atoms with van der Waals surface area (Å²) in [7, 11) is 0. The van der Waals surface area contributed by atoms with Gasteiger partial charge < -0.3 is 15.3 Å². The number of halogens is 1. The zero-order chi connectivity index (χ0) is 14.0. The minimum Gasteiger partial charge on any atom is -0.480 e. The van der Waals surface area contributed by atoms with Gasteiger partial charge in [0.1, 0.15) is 6.04 Å². The van der Waals surface area contributed by atoms with Gasteiger partial charge in [-0.25, -0.2) is 4.79 Å². The number of aryl methyl sites for hydroxylation is 1. The molecule has 6 heteroatoms. The molecular formula is C13H15ClN2O3. The Morgan fingerprint density at radius 1 is 1.47 bits per heavy atom. The Kier molecular flexibility index (Phi) is 4.07. The summed E-state index contributed by atoms with van der Waals surface area (Å²) in [5.41, 5.74) is 1.25. The lowest BCUT2D eigenvalue weighted by molar-refractivity contribution is -0.142. The van der Waals surface area contributed by atoms with Gasteiger partial charge >= 0.3 is 5.97 Å². The van der Waals surface area contributed by atoms with E-state index in [4.69, 9.17) is 16.7 Å². The molecule has 1 aliphatic heterocycles. The van der Waals surface area contributed by atoms with Gasteiger partial charge in [-0.1, -0.05) is 11.6 Å².